The molecule has 0 radical (unpaired) electrons. The average Bonchev–Trinajstić information content (AvgIpc) is 2.14. The molecule has 1 unspecified atom stereocenters. The summed E-state index contributed by atoms with van der Waals surface area (Å²) < 4.78 is 37.2. The molecule has 0 aromatic carbocycles. The van der Waals surface area contributed by atoms with Crippen molar-refractivity contribution in [1.82, 2.24) is 10.3 Å². The molecule has 0 bridgehead atoms. The number of nitrogens with one attached hydrogen (secondary N) is 1. The van der Waals surface area contributed by atoms with Crippen molar-refractivity contribution in [3.05, 3.63) is 0 Å². The SMILES string of the molecule is CCCN(CC(F)(F)F)C(C(=O)NN)C(C)C. The predicted octanol–water partition coefficient (Wildman–Crippen LogP) is 1.28. The molecule has 4 nitrogen and oxygen atoms in total. The highest BCUT2D eigenvalue weighted by molar-refractivity contribution is 5.81. The van der Waals surface area contributed by atoms with Gasteiger partial charge in [-0.3, -0.25) is 15.1 Å². The van der Waals surface area contributed by atoms with Gasteiger partial charge in [-0.15, -0.1) is 0 Å². The Morgan fingerprint density at radius 2 is 1.94 bits per heavy atom. The molecule has 0 heterocycles. The van der Waals surface area contributed by atoms with E-state index in [9.17, 15) is 18.0 Å². The Bertz CT molecular complexity index is 243. The van der Waals surface area contributed by atoms with Gasteiger partial charge in [0.2, 0.25) is 0 Å². The number of nitrogens with zero attached hydrogens (tertiary/aromatic N) is 1. The molecule has 1 amide bonds. The number of nitrogens with two attached hydrogens (primary N) is 1. The topological polar surface area (TPSA) is 58.4 Å². The van der Waals surface area contributed by atoms with Crippen molar-refractivity contribution in [2.75, 3.05) is 13.1 Å². The Balaban J connectivity index is 4.89. The second-order valence-electron chi connectivity index (χ2n) is 4.28. The zero-order chi connectivity index (χ0) is 13.6. The minimum Gasteiger partial charge on any atom is -0.293 e. The smallest absolute Gasteiger partial charge is 0.293 e. The van der Waals surface area contributed by atoms with Crippen LogP contribution >= 0.6 is 0 Å². The Kier molecular flexibility index (Phi) is 6.48. The molecule has 1 atom stereocenters. The van der Waals surface area contributed by atoms with Crippen LogP contribution in [0.5, 0.6) is 0 Å². The fourth-order valence-corrected chi connectivity index (χ4v) is 1.81. The van der Waals surface area contributed by atoms with E-state index in [2.05, 4.69) is 0 Å². The maximum Gasteiger partial charge on any atom is 0.401 e. The quantitative estimate of drug-likeness (QED) is 0.427. The highest BCUT2D eigenvalue weighted by atomic mass is 19.4. The van der Waals surface area contributed by atoms with Crippen LogP contribution in [0.4, 0.5) is 13.2 Å². The van der Waals surface area contributed by atoms with Crippen molar-refractivity contribution in [2.24, 2.45) is 11.8 Å². The molecule has 17 heavy (non-hydrogen) atoms. The lowest BCUT2D eigenvalue weighted by Crippen LogP contribution is -2.54. The number of carbonyl (C=O) groups is 1. The largest absolute Gasteiger partial charge is 0.401 e. The fraction of sp³-hybridized carbons (Fsp3) is 0.900. The monoisotopic (exact) mass is 255 g/mol. The zero-order valence-electron chi connectivity index (χ0n) is 10.3. The number of alkyl halides is 3. The predicted molar refractivity (Wildman–Crippen MR) is 58.9 cm³/mol. The van der Waals surface area contributed by atoms with Crippen molar-refractivity contribution in [3.63, 3.8) is 0 Å². The van der Waals surface area contributed by atoms with Gasteiger partial charge in [-0.05, 0) is 18.9 Å². The molecule has 0 aliphatic carbocycles. The summed E-state index contributed by atoms with van der Waals surface area (Å²) in [5.41, 5.74) is 1.92. The van der Waals surface area contributed by atoms with Gasteiger partial charge in [-0.1, -0.05) is 20.8 Å². The number of rotatable bonds is 6. The molecule has 7 heteroatoms. The van der Waals surface area contributed by atoms with Crippen molar-refractivity contribution < 1.29 is 18.0 Å². The van der Waals surface area contributed by atoms with Crippen LogP contribution < -0.4 is 11.3 Å². The van der Waals surface area contributed by atoms with E-state index in [1.54, 1.807) is 20.8 Å². The summed E-state index contributed by atoms with van der Waals surface area (Å²) in [6.45, 7) is 4.26. The molecule has 0 aromatic rings. The van der Waals surface area contributed by atoms with E-state index in [1.165, 1.54) is 0 Å². The average molecular weight is 255 g/mol. The summed E-state index contributed by atoms with van der Waals surface area (Å²) in [5, 5.41) is 0. The van der Waals surface area contributed by atoms with Crippen LogP contribution in [0.2, 0.25) is 0 Å². The van der Waals surface area contributed by atoms with E-state index in [1.807, 2.05) is 5.43 Å². The van der Waals surface area contributed by atoms with Gasteiger partial charge in [0.15, 0.2) is 0 Å². The van der Waals surface area contributed by atoms with Gasteiger partial charge in [-0.2, -0.15) is 13.2 Å². The van der Waals surface area contributed by atoms with E-state index in [4.69, 9.17) is 5.84 Å². The number of halogens is 3. The summed E-state index contributed by atoms with van der Waals surface area (Å²) >= 11 is 0. The second-order valence-corrected chi connectivity index (χ2v) is 4.28. The van der Waals surface area contributed by atoms with Crippen molar-refractivity contribution in [2.45, 2.75) is 39.4 Å². The van der Waals surface area contributed by atoms with Crippen molar-refractivity contribution in [1.29, 1.82) is 0 Å². The third kappa shape index (κ3) is 5.88. The molecular formula is C10H20F3N3O. The molecule has 0 rings (SSSR count). The number of amides is 1. The van der Waals surface area contributed by atoms with Crippen molar-refractivity contribution >= 4 is 5.91 Å². The molecule has 0 aromatic heterocycles. The van der Waals surface area contributed by atoms with E-state index < -0.39 is 24.7 Å². The highest BCUT2D eigenvalue weighted by Crippen LogP contribution is 2.21. The Morgan fingerprint density at radius 1 is 1.41 bits per heavy atom. The van der Waals surface area contributed by atoms with Gasteiger partial charge in [0.1, 0.15) is 0 Å². The third-order valence-electron chi connectivity index (χ3n) is 2.33. The summed E-state index contributed by atoms with van der Waals surface area (Å²) in [4.78, 5) is 12.6. The molecule has 3 N–H and O–H groups in total. The van der Waals surface area contributed by atoms with Gasteiger partial charge in [0, 0.05) is 0 Å². The Labute approximate surface area is 99.3 Å². The van der Waals surface area contributed by atoms with E-state index in [-0.39, 0.29) is 12.5 Å². The minimum absolute atomic E-state index is 0.204. The number of hydrazine groups is 1. The lowest BCUT2D eigenvalue weighted by molar-refractivity contribution is -0.157. The first-order valence-corrected chi connectivity index (χ1v) is 5.54. The summed E-state index contributed by atoms with van der Waals surface area (Å²) in [6.07, 6.45) is -3.78. The number of hydrogen-bond donors (Lipinski definition) is 2. The summed E-state index contributed by atoms with van der Waals surface area (Å²) in [7, 11) is 0. The maximum atomic E-state index is 12.4. The molecule has 0 saturated heterocycles. The zero-order valence-corrected chi connectivity index (χ0v) is 10.3. The van der Waals surface area contributed by atoms with Crippen LogP contribution in [-0.4, -0.2) is 36.1 Å². The highest BCUT2D eigenvalue weighted by Gasteiger charge is 2.37. The molecule has 102 valence electrons. The van der Waals surface area contributed by atoms with E-state index in [0.29, 0.717) is 6.42 Å². The Morgan fingerprint density at radius 3 is 2.24 bits per heavy atom. The van der Waals surface area contributed by atoms with E-state index in [0.717, 1.165) is 4.90 Å². The minimum atomic E-state index is -4.32. The first kappa shape index (κ1) is 16.2. The molecule has 0 saturated carbocycles. The first-order chi connectivity index (χ1) is 7.72. The summed E-state index contributed by atoms with van der Waals surface area (Å²) in [5.74, 6) is 4.17. The molecule has 0 aliphatic heterocycles. The van der Waals surface area contributed by atoms with Crippen LogP contribution in [0.3, 0.4) is 0 Å². The lowest BCUT2D eigenvalue weighted by atomic mass is 10.0. The van der Waals surface area contributed by atoms with E-state index >= 15 is 0 Å². The van der Waals surface area contributed by atoms with Crippen LogP contribution in [0.15, 0.2) is 0 Å². The van der Waals surface area contributed by atoms with Crippen LogP contribution in [0.1, 0.15) is 27.2 Å². The number of hydrogen-bond acceptors (Lipinski definition) is 3. The fourth-order valence-electron chi connectivity index (χ4n) is 1.81. The molecule has 0 fully saturated rings. The van der Waals surface area contributed by atoms with Crippen LogP contribution in [0, 0.1) is 5.92 Å². The Hall–Kier alpha value is -0.820. The third-order valence-corrected chi connectivity index (χ3v) is 2.33. The van der Waals surface area contributed by atoms with Crippen LogP contribution in [0.25, 0.3) is 0 Å². The second kappa shape index (κ2) is 6.80. The maximum absolute atomic E-state index is 12.4. The standard InChI is InChI=1S/C10H20F3N3O/c1-4-5-16(6-10(11,12)13)8(7(2)3)9(17)15-14/h7-8H,4-6,14H2,1-3H3,(H,15,17). The molecule has 0 spiro atoms. The van der Waals surface area contributed by atoms with Gasteiger partial charge < -0.3 is 0 Å². The van der Waals surface area contributed by atoms with Gasteiger partial charge in [0.05, 0.1) is 12.6 Å². The van der Waals surface area contributed by atoms with Crippen LogP contribution in [-0.2, 0) is 4.79 Å². The molecule has 0 aliphatic rings. The van der Waals surface area contributed by atoms with Gasteiger partial charge in [0.25, 0.3) is 5.91 Å². The van der Waals surface area contributed by atoms with Gasteiger partial charge in [-0.25, -0.2) is 5.84 Å². The number of carbonyl (C=O) groups excluding carboxylic acids is 1. The molecular weight excluding hydrogens is 235 g/mol. The normalized spacial score (nSPS) is 14.2. The van der Waals surface area contributed by atoms with Crippen molar-refractivity contribution in [3.8, 4) is 0 Å². The van der Waals surface area contributed by atoms with Gasteiger partial charge >= 0.3 is 6.18 Å². The lowest BCUT2D eigenvalue weighted by Gasteiger charge is -2.33. The summed E-state index contributed by atoms with van der Waals surface area (Å²) in [6, 6.07) is -0.860. The first-order valence-electron chi connectivity index (χ1n) is 5.54.